The Balaban J connectivity index is 1.71. The summed E-state index contributed by atoms with van der Waals surface area (Å²) in [5.41, 5.74) is 0.967. The molecule has 0 amide bonds. The van der Waals surface area contributed by atoms with Gasteiger partial charge in [-0.15, -0.1) is 0 Å². The van der Waals surface area contributed by atoms with E-state index in [4.69, 9.17) is 8.92 Å². The maximum atomic E-state index is 14.2. The second-order valence-corrected chi connectivity index (χ2v) is 9.62. The molecule has 0 spiro atoms. The molecule has 11 heteroatoms. The van der Waals surface area contributed by atoms with Gasteiger partial charge in [0.05, 0.1) is 22.8 Å². The van der Waals surface area contributed by atoms with Gasteiger partial charge in [0.15, 0.2) is 0 Å². The predicted molar refractivity (Wildman–Crippen MR) is 130 cm³/mol. The Morgan fingerprint density at radius 2 is 1.78 bits per heavy atom. The first-order chi connectivity index (χ1) is 17.1. The average molecular weight is 513 g/mol. The van der Waals surface area contributed by atoms with E-state index in [9.17, 15) is 27.7 Å². The van der Waals surface area contributed by atoms with Crippen LogP contribution in [0.4, 0.5) is 10.1 Å². The van der Waals surface area contributed by atoms with Gasteiger partial charge in [0.2, 0.25) is 0 Å². The van der Waals surface area contributed by atoms with Gasteiger partial charge < -0.3 is 9.30 Å². The monoisotopic (exact) mass is 512 g/mol. The van der Waals surface area contributed by atoms with Crippen molar-refractivity contribution >= 4 is 32.7 Å². The lowest BCUT2D eigenvalue weighted by Gasteiger charge is -2.28. The fraction of sp³-hybridized carbons (Fsp3) is 0.160. The Morgan fingerprint density at radius 1 is 1.06 bits per heavy atom. The molecule has 4 aromatic rings. The molecule has 0 fully saturated rings. The zero-order valence-corrected chi connectivity index (χ0v) is 19.8. The van der Waals surface area contributed by atoms with Crippen molar-refractivity contribution in [3.63, 3.8) is 0 Å². The minimum atomic E-state index is -4.03. The van der Waals surface area contributed by atoms with E-state index in [1.165, 1.54) is 30.3 Å². The van der Waals surface area contributed by atoms with E-state index < -0.39 is 45.6 Å². The standard InChI is InChI=1S/C25H21FN2O7S/c1-36(32,33)35-23(16-34-25(29)18-9-11-21(12-10-18)28(30)31)24(19-6-4-7-20(26)15-19)27-14-13-17-5-2-3-8-22(17)27/h2-15,23-24H,16H2,1H3. The van der Waals surface area contributed by atoms with Crippen LogP contribution in [0.5, 0.6) is 0 Å². The second-order valence-electron chi connectivity index (χ2n) is 8.02. The Hall–Kier alpha value is -4.09. The van der Waals surface area contributed by atoms with Crippen LogP contribution < -0.4 is 0 Å². The number of hydrogen-bond donors (Lipinski definition) is 0. The van der Waals surface area contributed by atoms with Gasteiger partial charge in [-0.25, -0.2) is 9.18 Å². The lowest BCUT2D eigenvalue weighted by Crippen LogP contribution is -2.34. The normalized spacial score (nSPS) is 13.3. The van der Waals surface area contributed by atoms with Crippen LogP contribution in [0.3, 0.4) is 0 Å². The van der Waals surface area contributed by atoms with Gasteiger partial charge in [0, 0.05) is 23.8 Å². The maximum Gasteiger partial charge on any atom is 0.338 e. The molecule has 9 nitrogen and oxygen atoms in total. The number of nitro groups is 1. The van der Waals surface area contributed by atoms with Crippen LogP contribution in [0.2, 0.25) is 0 Å². The number of ether oxygens (including phenoxy) is 1. The maximum absolute atomic E-state index is 14.2. The van der Waals surface area contributed by atoms with E-state index in [1.807, 2.05) is 30.3 Å². The van der Waals surface area contributed by atoms with Gasteiger partial charge in [0.1, 0.15) is 18.5 Å². The Kier molecular flexibility index (Phi) is 7.13. The number of rotatable bonds is 9. The molecule has 1 aromatic heterocycles. The first-order valence-corrected chi connectivity index (χ1v) is 12.5. The van der Waals surface area contributed by atoms with Crippen LogP contribution in [-0.2, 0) is 19.0 Å². The molecule has 2 atom stereocenters. The minimum absolute atomic E-state index is 0.0347. The van der Waals surface area contributed by atoms with E-state index in [-0.39, 0.29) is 11.3 Å². The molecule has 0 aliphatic carbocycles. The molecular weight excluding hydrogens is 491 g/mol. The summed E-state index contributed by atoms with van der Waals surface area (Å²) in [6.07, 6.45) is 1.32. The van der Waals surface area contributed by atoms with Crippen LogP contribution in [-0.4, -0.2) is 42.8 Å². The minimum Gasteiger partial charge on any atom is -0.459 e. The number of carbonyl (C=O) groups excluding carboxylic acids is 1. The lowest BCUT2D eigenvalue weighted by molar-refractivity contribution is -0.384. The molecule has 36 heavy (non-hydrogen) atoms. The third kappa shape index (κ3) is 5.75. The van der Waals surface area contributed by atoms with Gasteiger partial charge in [-0.3, -0.25) is 14.3 Å². The fourth-order valence-corrected chi connectivity index (χ4v) is 4.56. The molecule has 0 N–H and O–H groups in total. The summed E-state index contributed by atoms with van der Waals surface area (Å²) in [5.74, 6) is -1.36. The van der Waals surface area contributed by atoms with Crippen molar-refractivity contribution in [2.24, 2.45) is 0 Å². The fourth-order valence-electron chi connectivity index (χ4n) is 3.95. The topological polar surface area (TPSA) is 118 Å². The summed E-state index contributed by atoms with van der Waals surface area (Å²) in [6.45, 7) is -0.503. The van der Waals surface area contributed by atoms with Crippen LogP contribution in [0.1, 0.15) is 22.0 Å². The second kappa shape index (κ2) is 10.3. The van der Waals surface area contributed by atoms with E-state index in [0.717, 1.165) is 29.3 Å². The summed E-state index contributed by atoms with van der Waals surface area (Å²) < 4.78 is 51.1. The largest absolute Gasteiger partial charge is 0.459 e. The Bertz CT molecular complexity index is 1520. The number of esters is 1. The highest BCUT2D eigenvalue weighted by Crippen LogP contribution is 2.31. The molecule has 3 aromatic carbocycles. The van der Waals surface area contributed by atoms with Crippen molar-refractivity contribution in [1.29, 1.82) is 0 Å². The number of non-ortho nitro benzene ring substituents is 1. The molecule has 0 saturated heterocycles. The van der Waals surface area contributed by atoms with Crippen LogP contribution >= 0.6 is 0 Å². The lowest BCUT2D eigenvalue weighted by atomic mass is 10.0. The van der Waals surface area contributed by atoms with Gasteiger partial charge in [0.25, 0.3) is 15.8 Å². The molecule has 4 rings (SSSR count). The van der Waals surface area contributed by atoms with Gasteiger partial charge in [-0.2, -0.15) is 8.42 Å². The third-order valence-electron chi connectivity index (χ3n) is 5.46. The van der Waals surface area contributed by atoms with E-state index >= 15 is 0 Å². The smallest absolute Gasteiger partial charge is 0.338 e. The number of fused-ring (bicyclic) bond motifs is 1. The molecule has 0 bridgehead atoms. The first-order valence-electron chi connectivity index (χ1n) is 10.7. The summed E-state index contributed by atoms with van der Waals surface area (Å²) in [6, 6.07) is 18.7. The van der Waals surface area contributed by atoms with E-state index in [0.29, 0.717) is 5.56 Å². The van der Waals surface area contributed by atoms with E-state index in [2.05, 4.69) is 0 Å². The number of nitrogens with zero attached hydrogens (tertiary/aromatic N) is 2. The molecule has 0 aliphatic rings. The summed E-state index contributed by atoms with van der Waals surface area (Å²) in [4.78, 5) is 22.9. The van der Waals surface area contributed by atoms with Crippen LogP contribution in [0, 0.1) is 15.9 Å². The molecule has 0 saturated carbocycles. The number of carbonyl (C=O) groups is 1. The van der Waals surface area contributed by atoms with Crippen LogP contribution in [0.25, 0.3) is 10.9 Å². The third-order valence-corrected chi connectivity index (χ3v) is 6.06. The van der Waals surface area contributed by atoms with Crippen molar-refractivity contribution in [1.82, 2.24) is 4.57 Å². The highest BCUT2D eigenvalue weighted by Gasteiger charge is 2.32. The van der Waals surface area contributed by atoms with Gasteiger partial charge in [-0.05, 0) is 47.3 Å². The van der Waals surface area contributed by atoms with Crippen molar-refractivity contribution in [2.75, 3.05) is 12.9 Å². The number of nitro benzene ring substituents is 1. The first kappa shape index (κ1) is 25.0. The number of halogens is 1. The number of para-hydroxylation sites is 1. The SMILES string of the molecule is CS(=O)(=O)OC(COC(=O)c1ccc([N+](=O)[O-])cc1)C(c1cccc(F)c1)n1ccc2ccccc21. The Morgan fingerprint density at radius 3 is 2.44 bits per heavy atom. The number of aromatic nitrogens is 1. The van der Waals surface area contributed by atoms with Crippen molar-refractivity contribution in [3.05, 3.63) is 112 Å². The molecule has 1 heterocycles. The van der Waals surface area contributed by atoms with Crippen molar-refractivity contribution in [3.8, 4) is 0 Å². The quantitative estimate of drug-likeness (QED) is 0.140. The van der Waals surface area contributed by atoms with E-state index in [1.54, 1.807) is 16.8 Å². The number of benzene rings is 3. The highest BCUT2D eigenvalue weighted by molar-refractivity contribution is 7.86. The molecule has 0 aliphatic heterocycles. The van der Waals surface area contributed by atoms with Gasteiger partial charge >= 0.3 is 5.97 Å². The molecular formula is C25H21FN2O7S. The zero-order valence-electron chi connectivity index (χ0n) is 19.0. The molecule has 186 valence electrons. The predicted octanol–water partition coefficient (Wildman–Crippen LogP) is 4.48. The molecule has 2 unspecified atom stereocenters. The van der Waals surface area contributed by atoms with Gasteiger partial charge in [-0.1, -0.05) is 30.3 Å². The Labute approximate surface area is 206 Å². The molecule has 0 radical (unpaired) electrons. The zero-order chi connectivity index (χ0) is 25.9. The average Bonchev–Trinajstić information content (AvgIpc) is 3.25. The summed E-state index contributed by atoms with van der Waals surface area (Å²) in [5, 5.41) is 11.7. The summed E-state index contributed by atoms with van der Waals surface area (Å²) >= 11 is 0. The van der Waals surface area contributed by atoms with Crippen LogP contribution in [0.15, 0.2) is 85.1 Å². The number of hydrogen-bond acceptors (Lipinski definition) is 7. The van der Waals surface area contributed by atoms with Crippen molar-refractivity contribution < 1.29 is 31.4 Å². The van der Waals surface area contributed by atoms with Crippen molar-refractivity contribution in [2.45, 2.75) is 12.1 Å². The summed E-state index contributed by atoms with van der Waals surface area (Å²) in [7, 11) is -4.03. The highest BCUT2D eigenvalue weighted by atomic mass is 32.2.